The number of phosphoric acid groups is 1. The van der Waals surface area contributed by atoms with Crippen LogP contribution < -0.4 is 0 Å². The van der Waals surface area contributed by atoms with Crippen LogP contribution in [0.4, 0.5) is 0 Å². The van der Waals surface area contributed by atoms with E-state index >= 15 is 0 Å². The molecular weight excluding hydrogens is 499 g/mol. The number of allylic oxidation sites excluding steroid dienone is 1. The van der Waals surface area contributed by atoms with Crippen molar-refractivity contribution in [1.29, 1.82) is 0 Å². The van der Waals surface area contributed by atoms with Gasteiger partial charge in [-0.2, -0.15) is 0 Å². The van der Waals surface area contributed by atoms with E-state index in [0.717, 1.165) is 0 Å². The van der Waals surface area contributed by atoms with Crippen LogP contribution >= 0.6 is 7.82 Å². The molecule has 0 amide bonds. The second kappa shape index (κ2) is 8.43. The molecule has 210 valence electrons. The zero-order valence-corrected chi connectivity index (χ0v) is 23.4. The highest BCUT2D eigenvalue weighted by molar-refractivity contribution is 7.47. The van der Waals surface area contributed by atoms with Crippen LogP contribution in [0, 0.1) is 28.6 Å². The molecule has 0 bridgehead atoms. The number of aliphatic hydroxyl groups excluding tert-OH is 2. The fraction of sp³-hybridized carbons (Fsp3) is 0.889. The predicted molar refractivity (Wildman–Crippen MR) is 134 cm³/mol. The fourth-order valence-electron chi connectivity index (χ4n) is 9.00. The second-order valence-corrected chi connectivity index (χ2v) is 15.1. The standard InChI is InChI=1S/C27H43O9P/c1-23(2,31)9-8-22-26(5,36-37(33,34)35-22)21-7-11-27(32)16-12-18(28)17-13-19(29)20(30)14-24(17,3)15(16)6-10-25(21,27)4/h12,15,17,19-22,29-32H,6-11,13-14H2,1-5H3,(H,33,34)/t15-,17-,19+,20-,21-,22-,24+,25+,26+,27+/m0/s1. The van der Waals surface area contributed by atoms with Gasteiger partial charge >= 0.3 is 7.82 Å². The Bertz CT molecular complexity index is 1050. The lowest BCUT2D eigenvalue weighted by atomic mass is 9.45. The molecule has 3 saturated carbocycles. The average molecular weight is 543 g/mol. The summed E-state index contributed by atoms with van der Waals surface area (Å²) in [5.41, 5.74) is -4.09. The van der Waals surface area contributed by atoms with Crippen LogP contribution in [0.25, 0.3) is 0 Å². The normalized spacial score (nSPS) is 53.9. The van der Waals surface area contributed by atoms with Gasteiger partial charge < -0.3 is 25.3 Å². The number of fused-ring (bicyclic) bond motifs is 5. The van der Waals surface area contributed by atoms with Gasteiger partial charge in [0.1, 0.15) is 5.60 Å². The Morgan fingerprint density at radius 3 is 2.43 bits per heavy atom. The third kappa shape index (κ3) is 4.07. The van der Waals surface area contributed by atoms with Crippen molar-refractivity contribution in [1.82, 2.24) is 0 Å². The van der Waals surface area contributed by atoms with Gasteiger partial charge in [-0.25, -0.2) is 4.57 Å². The van der Waals surface area contributed by atoms with Gasteiger partial charge in [0.2, 0.25) is 0 Å². The highest BCUT2D eigenvalue weighted by atomic mass is 31.2. The summed E-state index contributed by atoms with van der Waals surface area (Å²) < 4.78 is 24.0. The maximum absolute atomic E-state index is 13.4. The maximum Gasteiger partial charge on any atom is 0.473 e. The number of rotatable bonds is 4. The minimum absolute atomic E-state index is 0.113. The number of ketones is 1. The summed E-state index contributed by atoms with van der Waals surface area (Å²) in [6.07, 6.45) is 2.38. The molecule has 4 aliphatic carbocycles. The number of phosphoric ester groups is 1. The van der Waals surface area contributed by atoms with Crippen LogP contribution in [0.3, 0.4) is 0 Å². The van der Waals surface area contributed by atoms with Gasteiger partial charge in [0.25, 0.3) is 0 Å². The van der Waals surface area contributed by atoms with Gasteiger partial charge in [0.05, 0.1) is 29.5 Å². The monoisotopic (exact) mass is 542 g/mol. The van der Waals surface area contributed by atoms with E-state index in [9.17, 15) is 34.7 Å². The number of hydrogen-bond donors (Lipinski definition) is 5. The van der Waals surface area contributed by atoms with Gasteiger partial charge in [-0.1, -0.05) is 13.8 Å². The van der Waals surface area contributed by atoms with Gasteiger partial charge in [-0.05, 0) is 101 Å². The zero-order valence-electron chi connectivity index (χ0n) is 22.5. The Hall–Kier alpha value is -0.640. The van der Waals surface area contributed by atoms with Gasteiger partial charge in [-0.15, -0.1) is 0 Å². The van der Waals surface area contributed by atoms with Crippen LogP contribution in [0.1, 0.15) is 86.0 Å². The van der Waals surface area contributed by atoms with E-state index in [4.69, 9.17) is 9.05 Å². The Morgan fingerprint density at radius 2 is 1.78 bits per heavy atom. The summed E-state index contributed by atoms with van der Waals surface area (Å²) in [7, 11) is -4.32. The maximum atomic E-state index is 13.4. The molecule has 0 aromatic carbocycles. The lowest BCUT2D eigenvalue weighted by Gasteiger charge is -2.60. The Kier molecular flexibility index (Phi) is 6.36. The summed E-state index contributed by atoms with van der Waals surface area (Å²) in [6, 6.07) is 0. The Balaban J connectivity index is 1.51. The van der Waals surface area contributed by atoms with Crippen LogP contribution in [0.2, 0.25) is 0 Å². The van der Waals surface area contributed by atoms with Crippen molar-refractivity contribution in [3.8, 4) is 0 Å². The number of carbonyl (C=O) groups is 1. The Morgan fingerprint density at radius 1 is 1.11 bits per heavy atom. The summed E-state index contributed by atoms with van der Waals surface area (Å²) >= 11 is 0. The molecule has 10 heteroatoms. The summed E-state index contributed by atoms with van der Waals surface area (Å²) in [5.74, 6) is -0.963. The highest BCUT2D eigenvalue weighted by Gasteiger charge is 2.71. The second-order valence-electron chi connectivity index (χ2n) is 13.8. The van der Waals surface area contributed by atoms with Crippen LogP contribution in [0.5, 0.6) is 0 Å². The molecule has 5 rings (SSSR count). The minimum atomic E-state index is -4.32. The summed E-state index contributed by atoms with van der Waals surface area (Å²) in [4.78, 5) is 23.7. The summed E-state index contributed by atoms with van der Waals surface area (Å²) in [6.45, 7) is 9.13. The van der Waals surface area contributed by atoms with Gasteiger partial charge in [0, 0.05) is 11.3 Å². The SMILES string of the molecule is CC(C)(O)CC[C@@H]1OP(=O)(O)O[C@]1(C)[C@H]1CC[C@@]2(O)C3=CC(=O)[C@@H]4C[C@@H](O)[C@@H](O)C[C@]4(C)[C@H]3CC[C@]12C. The van der Waals surface area contributed by atoms with Gasteiger partial charge in [-0.3, -0.25) is 13.8 Å². The van der Waals surface area contributed by atoms with Gasteiger partial charge in [0.15, 0.2) is 5.78 Å². The van der Waals surface area contributed by atoms with E-state index < -0.39 is 59.7 Å². The molecule has 1 heterocycles. The lowest BCUT2D eigenvalue weighted by molar-refractivity contribution is -0.160. The van der Waals surface area contributed by atoms with E-state index in [1.807, 2.05) is 13.8 Å². The molecular formula is C27H43O9P. The molecule has 37 heavy (non-hydrogen) atoms. The fourth-order valence-corrected chi connectivity index (χ4v) is 10.4. The van der Waals surface area contributed by atoms with E-state index in [1.54, 1.807) is 26.8 Å². The first-order valence-electron chi connectivity index (χ1n) is 13.7. The molecule has 1 saturated heterocycles. The van der Waals surface area contributed by atoms with Crippen molar-refractivity contribution in [3.05, 3.63) is 11.6 Å². The van der Waals surface area contributed by atoms with Crippen LogP contribution in [0.15, 0.2) is 11.6 Å². The molecule has 5 N–H and O–H groups in total. The first kappa shape index (κ1) is 27.9. The molecule has 9 nitrogen and oxygen atoms in total. The number of aliphatic hydroxyl groups is 4. The van der Waals surface area contributed by atoms with E-state index in [0.29, 0.717) is 50.5 Å². The zero-order chi connectivity index (χ0) is 27.4. The molecule has 0 aromatic heterocycles. The predicted octanol–water partition coefficient (Wildman–Crippen LogP) is 3.02. The molecule has 5 aliphatic rings. The first-order chi connectivity index (χ1) is 16.9. The smallest absolute Gasteiger partial charge is 0.390 e. The lowest BCUT2D eigenvalue weighted by Crippen LogP contribution is -2.62. The molecule has 0 aromatic rings. The third-order valence-electron chi connectivity index (χ3n) is 11.0. The van der Waals surface area contributed by atoms with Crippen molar-refractivity contribution in [2.45, 2.75) is 121 Å². The van der Waals surface area contributed by atoms with E-state index in [-0.39, 0.29) is 24.0 Å². The van der Waals surface area contributed by atoms with E-state index in [2.05, 4.69) is 0 Å². The number of carbonyl (C=O) groups excluding carboxylic acids is 1. The molecule has 11 atom stereocenters. The van der Waals surface area contributed by atoms with E-state index in [1.165, 1.54) is 0 Å². The molecule has 0 spiro atoms. The molecule has 1 aliphatic heterocycles. The summed E-state index contributed by atoms with van der Waals surface area (Å²) in [5, 5.41) is 43.5. The van der Waals surface area contributed by atoms with Crippen LogP contribution in [-0.4, -0.2) is 66.2 Å². The first-order valence-corrected chi connectivity index (χ1v) is 15.1. The van der Waals surface area contributed by atoms with Crippen molar-refractivity contribution in [2.24, 2.45) is 28.6 Å². The molecule has 1 unspecified atom stereocenters. The molecule has 0 radical (unpaired) electrons. The topological polar surface area (TPSA) is 154 Å². The Labute approximate surface area is 218 Å². The average Bonchev–Trinajstić information content (AvgIpc) is 3.17. The number of hydrogen-bond acceptors (Lipinski definition) is 8. The highest BCUT2D eigenvalue weighted by Crippen LogP contribution is 2.72. The van der Waals surface area contributed by atoms with Crippen molar-refractivity contribution >= 4 is 13.6 Å². The van der Waals surface area contributed by atoms with Crippen molar-refractivity contribution in [2.75, 3.05) is 0 Å². The largest absolute Gasteiger partial charge is 0.473 e. The third-order valence-corrected chi connectivity index (χ3v) is 12.2. The van der Waals surface area contributed by atoms with Crippen molar-refractivity contribution in [3.63, 3.8) is 0 Å². The quantitative estimate of drug-likeness (QED) is 0.337. The minimum Gasteiger partial charge on any atom is -0.390 e. The van der Waals surface area contributed by atoms with Crippen LogP contribution in [-0.2, 0) is 18.4 Å². The van der Waals surface area contributed by atoms with Crippen molar-refractivity contribution < 1.29 is 43.7 Å². The molecule has 4 fully saturated rings.